The Kier molecular flexibility index (Phi) is 4.90. The van der Waals surface area contributed by atoms with E-state index in [1.54, 1.807) is 0 Å². The van der Waals surface area contributed by atoms with E-state index >= 15 is 0 Å². The van der Waals surface area contributed by atoms with Crippen LogP contribution in [0.2, 0.25) is 0 Å². The van der Waals surface area contributed by atoms with Gasteiger partial charge in [0.25, 0.3) is 5.91 Å². The lowest BCUT2D eigenvalue weighted by atomic mass is 10.1. The number of phenols is 1. The van der Waals surface area contributed by atoms with E-state index in [9.17, 15) is 14.3 Å². The third kappa shape index (κ3) is 4.03. The second-order valence-electron chi connectivity index (χ2n) is 4.05. The Morgan fingerprint density at radius 2 is 2.29 bits per heavy atom. The topological polar surface area (TPSA) is 75.3 Å². The van der Waals surface area contributed by atoms with Crippen molar-refractivity contribution in [2.24, 2.45) is 11.7 Å². The van der Waals surface area contributed by atoms with Gasteiger partial charge >= 0.3 is 0 Å². The molecule has 0 radical (unpaired) electrons. The zero-order valence-electron chi connectivity index (χ0n) is 9.74. The third-order valence-corrected chi connectivity index (χ3v) is 2.47. The second-order valence-corrected chi connectivity index (χ2v) is 4.05. The number of amides is 1. The first-order valence-corrected chi connectivity index (χ1v) is 5.51. The van der Waals surface area contributed by atoms with Crippen LogP contribution in [0, 0.1) is 11.7 Å². The normalized spacial score (nSPS) is 12.2. The predicted molar refractivity (Wildman–Crippen MR) is 63.2 cm³/mol. The Hall–Kier alpha value is -1.62. The Morgan fingerprint density at radius 3 is 2.88 bits per heavy atom. The number of halogens is 1. The van der Waals surface area contributed by atoms with Crippen LogP contribution >= 0.6 is 0 Å². The van der Waals surface area contributed by atoms with Gasteiger partial charge in [-0.2, -0.15) is 0 Å². The van der Waals surface area contributed by atoms with Crippen LogP contribution in [0.3, 0.4) is 0 Å². The van der Waals surface area contributed by atoms with Crippen LogP contribution in [-0.4, -0.2) is 24.1 Å². The summed E-state index contributed by atoms with van der Waals surface area (Å²) in [4.78, 5) is 11.7. The van der Waals surface area contributed by atoms with Gasteiger partial charge in [0.15, 0.2) is 0 Å². The molecule has 1 atom stereocenters. The number of nitrogens with two attached hydrogens (primary N) is 1. The first kappa shape index (κ1) is 13.4. The zero-order chi connectivity index (χ0) is 12.8. The summed E-state index contributed by atoms with van der Waals surface area (Å²) >= 11 is 0. The molecule has 0 spiro atoms. The Labute approximate surface area is 99.6 Å². The summed E-state index contributed by atoms with van der Waals surface area (Å²) in [6.07, 6.45) is 0.815. The monoisotopic (exact) mass is 240 g/mol. The maximum absolute atomic E-state index is 12.7. The van der Waals surface area contributed by atoms with Crippen LogP contribution < -0.4 is 11.1 Å². The van der Waals surface area contributed by atoms with Crippen molar-refractivity contribution in [2.75, 3.05) is 13.1 Å². The highest BCUT2D eigenvalue weighted by atomic mass is 19.1. The lowest BCUT2D eigenvalue weighted by Crippen LogP contribution is -2.29. The Balaban J connectivity index is 2.58. The van der Waals surface area contributed by atoms with Crippen molar-refractivity contribution >= 4 is 5.91 Å². The number of carbonyl (C=O) groups is 1. The molecular weight excluding hydrogens is 223 g/mol. The van der Waals surface area contributed by atoms with Gasteiger partial charge in [-0.05, 0) is 31.0 Å². The molecule has 4 nitrogen and oxygen atoms in total. The molecule has 0 aromatic heterocycles. The molecule has 0 heterocycles. The number of hydrogen-bond donors (Lipinski definition) is 3. The molecule has 1 aromatic rings. The van der Waals surface area contributed by atoms with E-state index in [4.69, 9.17) is 5.73 Å². The molecule has 17 heavy (non-hydrogen) atoms. The van der Waals surface area contributed by atoms with Crippen LogP contribution in [0.4, 0.5) is 4.39 Å². The average Bonchev–Trinajstić information content (AvgIpc) is 2.26. The number of aromatic hydroxyl groups is 1. The van der Waals surface area contributed by atoms with Crippen molar-refractivity contribution in [3.8, 4) is 5.75 Å². The van der Waals surface area contributed by atoms with Gasteiger partial charge in [-0.3, -0.25) is 4.79 Å². The van der Waals surface area contributed by atoms with Crippen molar-refractivity contribution in [1.29, 1.82) is 0 Å². The molecule has 0 fully saturated rings. The van der Waals surface area contributed by atoms with E-state index in [0.29, 0.717) is 13.1 Å². The van der Waals surface area contributed by atoms with E-state index in [0.717, 1.165) is 18.6 Å². The number of carbonyl (C=O) groups excluding carboxylic acids is 1. The summed E-state index contributed by atoms with van der Waals surface area (Å²) in [6.45, 7) is 3.02. The molecule has 4 N–H and O–H groups in total. The fourth-order valence-corrected chi connectivity index (χ4v) is 1.45. The van der Waals surface area contributed by atoms with E-state index in [1.165, 1.54) is 6.07 Å². The van der Waals surface area contributed by atoms with Crippen LogP contribution in [0.25, 0.3) is 0 Å². The summed E-state index contributed by atoms with van der Waals surface area (Å²) in [5.74, 6) is -1.07. The van der Waals surface area contributed by atoms with Crippen molar-refractivity contribution < 1.29 is 14.3 Å². The van der Waals surface area contributed by atoms with Crippen molar-refractivity contribution in [2.45, 2.75) is 13.3 Å². The van der Waals surface area contributed by atoms with Crippen LogP contribution in [0.1, 0.15) is 23.7 Å². The number of benzene rings is 1. The van der Waals surface area contributed by atoms with Gasteiger partial charge in [0, 0.05) is 12.6 Å². The lowest BCUT2D eigenvalue weighted by molar-refractivity contribution is 0.0945. The molecule has 0 aliphatic heterocycles. The summed E-state index contributed by atoms with van der Waals surface area (Å²) in [5.41, 5.74) is 5.47. The highest BCUT2D eigenvalue weighted by Gasteiger charge is 2.12. The molecule has 0 bridgehead atoms. The summed E-state index contributed by atoms with van der Waals surface area (Å²) < 4.78 is 12.7. The summed E-state index contributed by atoms with van der Waals surface area (Å²) in [6, 6.07) is 3.31. The minimum absolute atomic E-state index is 0.0753. The summed E-state index contributed by atoms with van der Waals surface area (Å²) in [5, 5.41) is 12.1. The quantitative estimate of drug-likeness (QED) is 0.725. The molecule has 94 valence electrons. The smallest absolute Gasteiger partial charge is 0.255 e. The van der Waals surface area contributed by atoms with Crippen LogP contribution in [-0.2, 0) is 0 Å². The lowest BCUT2D eigenvalue weighted by Gasteiger charge is -2.11. The van der Waals surface area contributed by atoms with Gasteiger partial charge < -0.3 is 16.2 Å². The standard InChI is InChI=1S/C12H17FN2O2/c1-8(4-5-14)7-15-12(17)10-3-2-9(13)6-11(10)16/h2-3,6,8,16H,4-5,7,14H2,1H3,(H,15,17). The minimum atomic E-state index is -0.574. The highest BCUT2D eigenvalue weighted by Crippen LogP contribution is 2.17. The van der Waals surface area contributed by atoms with Crippen LogP contribution in [0.15, 0.2) is 18.2 Å². The molecule has 0 saturated heterocycles. The summed E-state index contributed by atoms with van der Waals surface area (Å²) in [7, 11) is 0. The van der Waals surface area contributed by atoms with Gasteiger partial charge in [-0.1, -0.05) is 6.92 Å². The molecule has 1 aromatic carbocycles. The van der Waals surface area contributed by atoms with E-state index in [-0.39, 0.29) is 17.2 Å². The molecule has 1 unspecified atom stereocenters. The largest absolute Gasteiger partial charge is 0.507 e. The van der Waals surface area contributed by atoms with Gasteiger partial charge in [0.2, 0.25) is 0 Å². The molecule has 1 amide bonds. The van der Waals surface area contributed by atoms with Crippen molar-refractivity contribution in [3.05, 3.63) is 29.6 Å². The number of nitrogens with one attached hydrogen (secondary N) is 1. The Bertz CT molecular complexity index is 396. The first-order chi connectivity index (χ1) is 8.04. The third-order valence-electron chi connectivity index (χ3n) is 2.47. The molecular formula is C12H17FN2O2. The first-order valence-electron chi connectivity index (χ1n) is 5.51. The maximum atomic E-state index is 12.7. The van der Waals surface area contributed by atoms with Gasteiger partial charge in [0.1, 0.15) is 11.6 Å². The number of hydrogen-bond acceptors (Lipinski definition) is 3. The molecule has 5 heteroatoms. The van der Waals surface area contributed by atoms with Gasteiger partial charge in [0.05, 0.1) is 5.56 Å². The van der Waals surface area contributed by atoms with E-state index in [2.05, 4.69) is 5.32 Å². The van der Waals surface area contributed by atoms with Crippen LogP contribution in [0.5, 0.6) is 5.75 Å². The van der Waals surface area contributed by atoms with Gasteiger partial charge in [-0.15, -0.1) is 0 Å². The zero-order valence-corrected chi connectivity index (χ0v) is 9.74. The van der Waals surface area contributed by atoms with E-state index < -0.39 is 11.7 Å². The average molecular weight is 240 g/mol. The molecule has 1 rings (SSSR count). The molecule has 0 saturated carbocycles. The highest BCUT2D eigenvalue weighted by molar-refractivity contribution is 5.96. The van der Waals surface area contributed by atoms with Crippen molar-refractivity contribution in [1.82, 2.24) is 5.32 Å². The maximum Gasteiger partial charge on any atom is 0.255 e. The second kappa shape index (κ2) is 6.20. The minimum Gasteiger partial charge on any atom is -0.507 e. The van der Waals surface area contributed by atoms with Gasteiger partial charge in [-0.25, -0.2) is 4.39 Å². The van der Waals surface area contributed by atoms with E-state index in [1.807, 2.05) is 6.92 Å². The molecule has 0 aliphatic carbocycles. The number of phenolic OH excluding ortho intramolecular Hbond substituents is 1. The SMILES string of the molecule is CC(CCN)CNC(=O)c1ccc(F)cc1O. The predicted octanol–water partition coefficient (Wildman–Crippen LogP) is 1.25. The fraction of sp³-hybridized carbons (Fsp3) is 0.417. The number of rotatable bonds is 5. The van der Waals surface area contributed by atoms with Crippen molar-refractivity contribution in [3.63, 3.8) is 0 Å². The molecule has 0 aliphatic rings. The fourth-order valence-electron chi connectivity index (χ4n) is 1.45. The Morgan fingerprint density at radius 1 is 1.59 bits per heavy atom.